The molecule has 1 aliphatic carbocycles. The molecule has 0 aromatic heterocycles. The van der Waals surface area contributed by atoms with Gasteiger partial charge < -0.3 is 14.7 Å². The number of halogens is 1. The molecular weight excluding hydrogens is 414 g/mol. The van der Waals surface area contributed by atoms with Crippen LogP contribution in [0.1, 0.15) is 60.0 Å². The largest absolute Gasteiger partial charge is 0.489 e. The zero-order valence-electron chi connectivity index (χ0n) is 17.6. The van der Waals surface area contributed by atoms with Crippen LogP contribution in [0, 0.1) is 5.92 Å². The molecule has 1 saturated heterocycles. The van der Waals surface area contributed by atoms with Crippen LogP contribution in [0.3, 0.4) is 0 Å². The highest BCUT2D eigenvalue weighted by Crippen LogP contribution is 2.32. The Bertz CT molecular complexity index is 937. The highest BCUT2D eigenvalue weighted by atomic mass is 35.5. The number of nitrogens with zero attached hydrogens (tertiary/aromatic N) is 1. The van der Waals surface area contributed by atoms with Crippen molar-refractivity contribution < 1.29 is 19.4 Å². The van der Waals surface area contributed by atoms with Gasteiger partial charge in [0.05, 0.1) is 5.56 Å². The second-order valence-electron chi connectivity index (χ2n) is 8.56. The van der Waals surface area contributed by atoms with Gasteiger partial charge in [0.25, 0.3) is 0 Å². The summed E-state index contributed by atoms with van der Waals surface area (Å²) in [7, 11) is 0. The van der Waals surface area contributed by atoms with E-state index in [0.29, 0.717) is 29.8 Å². The second kappa shape index (κ2) is 9.73. The van der Waals surface area contributed by atoms with E-state index in [2.05, 4.69) is 4.90 Å². The first-order chi connectivity index (χ1) is 15.0. The molecule has 2 aromatic carbocycles. The van der Waals surface area contributed by atoms with Gasteiger partial charge in [-0.3, -0.25) is 4.79 Å². The summed E-state index contributed by atoms with van der Waals surface area (Å²) in [5, 5.41) is 9.58. The Morgan fingerprint density at radius 1 is 1.06 bits per heavy atom. The van der Waals surface area contributed by atoms with E-state index in [-0.39, 0.29) is 17.4 Å². The maximum absolute atomic E-state index is 12.9. The average molecular weight is 442 g/mol. The Balaban J connectivity index is 1.33. The fourth-order valence-electron chi connectivity index (χ4n) is 4.67. The van der Waals surface area contributed by atoms with Crippen molar-refractivity contribution in [2.24, 2.45) is 5.92 Å². The molecule has 1 amide bonds. The maximum Gasteiger partial charge on any atom is 0.335 e. The van der Waals surface area contributed by atoms with Crippen LogP contribution in [0.15, 0.2) is 42.5 Å². The molecule has 164 valence electrons. The number of hydrogen-bond acceptors (Lipinski definition) is 3. The number of amides is 1. The molecule has 1 heterocycles. The van der Waals surface area contributed by atoms with Crippen LogP contribution in [-0.2, 0) is 17.8 Å². The van der Waals surface area contributed by atoms with Crippen LogP contribution in [0.5, 0.6) is 5.75 Å². The summed E-state index contributed by atoms with van der Waals surface area (Å²) in [5.41, 5.74) is 2.10. The minimum absolute atomic E-state index is 0.0129. The number of carboxylic acids is 1. The molecule has 2 aromatic rings. The minimum Gasteiger partial charge on any atom is -0.489 e. The van der Waals surface area contributed by atoms with Crippen molar-refractivity contribution in [2.75, 3.05) is 6.54 Å². The van der Waals surface area contributed by atoms with Crippen molar-refractivity contribution in [3.05, 3.63) is 64.2 Å². The van der Waals surface area contributed by atoms with E-state index in [1.165, 1.54) is 19.3 Å². The fourth-order valence-corrected chi connectivity index (χ4v) is 4.91. The predicted octanol–water partition coefficient (Wildman–Crippen LogP) is 5.34. The lowest BCUT2D eigenvalue weighted by Gasteiger charge is -2.31. The molecule has 1 saturated carbocycles. The Kier molecular flexibility index (Phi) is 6.81. The second-order valence-corrected chi connectivity index (χ2v) is 8.96. The van der Waals surface area contributed by atoms with Gasteiger partial charge in [0.15, 0.2) is 0 Å². The van der Waals surface area contributed by atoms with Crippen molar-refractivity contribution in [3.8, 4) is 5.75 Å². The molecule has 4 rings (SSSR count). The van der Waals surface area contributed by atoms with Crippen LogP contribution in [0.4, 0.5) is 0 Å². The molecule has 2 aliphatic rings. The summed E-state index contributed by atoms with van der Waals surface area (Å²) in [5.74, 6) is 0.00197. The van der Waals surface area contributed by atoms with Crippen LogP contribution < -0.4 is 4.74 Å². The number of carbonyl (C=O) groups is 2. The highest BCUT2D eigenvalue weighted by molar-refractivity contribution is 6.31. The summed E-state index contributed by atoms with van der Waals surface area (Å²) >= 11 is 6.51. The van der Waals surface area contributed by atoms with Crippen molar-refractivity contribution >= 4 is 23.5 Å². The molecule has 2 fully saturated rings. The van der Waals surface area contributed by atoms with E-state index < -0.39 is 5.97 Å². The molecular formula is C25H28ClNO4. The quantitative estimate of drug-likeness (QED) is 0.629. The molecule has 0 spiro atoms. The molecule has 0 radical (unpaired) electrons. The first-order valence-corrected chi connectivity index (χ1v) is 11.4. The van der Waals surface area contributed by atoms with E-state index in [0.717, 1.165) is 36.9 Å². The number of carboxylic acid groups (broad SMARTS) is 1. The van der Waals surface area contributed by atoms with E-state index in [4.69, 9.17) is 21.4 Å². The number of ether oxygens (including phenoxy) is 1. The lowest BCUT2D eigenvalue weighted by atomic mass is 9.94. The third-order valence-corrected chi connectivity index (χ3v) is 6.82. The van der Waals surface area contributed by atoms with Crippen molar-refractivity contribution in [1.82, 2.24) is 4.90 Å². The molecule has 1 aliphatic heterocycles. The lowest BCUT2D eigenvalue weighted by molar-refractivity contribution is -0.133. The van der Waals surface area contributed by atoms with Crippen molar-refractivity contribution in [3.63, 3.8) is 0 Å². The molecule has 5 nitrogen and oxygen atoms in total. The first kappa shape index (κ1) is 21.7. The van der Waals surface area contributed by atoms with Crippen LogP contribution in [0.2, 0.25) is 5.02 Å². The monoisotopic (exact) mass is 441 g/mol. The number of rotatable bonds is 7. The zero-order valence-corrected chi connectivity index (χ0v) is 18.3. The van der Waals surface area contributed by atoms with Gasteiger partial charge in [-0.25, -0.2) is 4.79 Å². The predicted molar refractivity (Wildman–Crippen MR) is 120 cm³/mol. The van der Waals surface area contributed by atoms with Gasteiger partial charge in [-0.2, -0.15) is 0 Å². The summed E-state index contributed by atoms with van der Waals surface area (Å²) in [6.07, 6.45) is 7.61. The number of carbonyl (C=O) groups excluding carboxylic acids is 1. The Morgan fingerprint density at radius 2 is 1.81 bits per heavy atom. The summed E-state index contributed by atoms with van der Waals surface area (Å²) in [4.78, 5) is 26.0. The topological polar surface area (TPSA) is 66.8 Å². The van der Waals surface area contributed by atoms with Crippen LogP contribution >= 0.6 is 11.6 Å². The van der Waals surface area contributed by atoms with E-state index in [9.17, 15) is 9.59 Å². The normalized spacial score (nSPS) is 19.6. The van der Waals surface area contributed by atoms with Gasteiger partial charge in [-0.05, 0) is 61.1 Å². The molecule has 6 heteroatoms. The van der Waals surface area contributed by atoms with E-state index in [1.807, 2.05) is 12.1 Å². The van der Waals surface area contributed by atoms with Gasteiger partial charge in [0.2, 0.25) is 5.91 Å². The van der Waals surface area contributed by atoms with Crippen molar-refractivity contribution in [1.29, 1.82) is 0 Å². The highest BCUT2D eigenvalue weighted by Gasteiger charge is 2.36. The molecule has 31 heavy (non-hydrogen) atoms. The van der Waals surface area contributed by atoms with Crippen molar-refractivity contribution in [2.45, 2.75) is 57.6 Å². The fraction of sp³-hybridized carbons (Fsp3) is 0.440. The number of hydrogen-bond donors (Lipinski definition) is 1. The molecule has 1 unspecified atom stereocenters. The van der Waals surface area contributed by atoms with Crippen LogP contribution in [0.25, 0.3) is 0 Å². The lowest BCUT2D eigenvalue weighted by Crippen LogP contribution is -2.39. The smallest absolute Gasteiger partial charge is 0.335 e. The maximum atomic E-state index is 12.9. The standard InChI is InChI=1S/C25H28ClNO4/c26-23-15-22(31-16-17-6-8-18(9-7-17)25(29)30)11-10-19(23)14-20-12-13-27(24(20)28)21-4-2-1-3-5-21/h6-11,15,20-21H,1-5,12-14,16H2,(H,29,30). The average Bonchev–Trinajstić information content (AvgIpc) is 3.15. The first-order valence-electron chi connectivity index (χ1n) is 11.0. The molecule has 1 atom stereocenters. The summed E-state index contributed by atoms with van der Waals surface area (Å²) in [6, 6.07) is 12.7. The summed E-state index contributed by atoms with van der Waals surface area (Å²) in [6.45, 7) is 1.20. The van der Waals surface area contributed by atoms with Gasteiger partial charge in [0.1, 0.15) is 12.4 Å². The van der Waals surface area contributed by atoms with E-state index in [1.54, 1.807) is 30.3 Å². The van der Waals surface area contributed by atoms with Gasteiger partial charge >= 0.3 is 5.97 Å². The third kappa shape index (κ3) is 5.21. The SMILES string of the molecule is O=C(O)c1ccc(COc2ccc(CC3CCN(C4CCCCC4)C3=O)c(Cl)c2)cc1. The van der Waals surface area contributed by atoms with Gasteiger partial charge in [-0.15, -0.1) is 0 Å². The Morgan fingerprint density at radius 3 is 2.48 bits per heavy atom. The minimum atomic E-state index is -0.947. The van der Waals surface area contributed by atoms with Gasteiger partial charge in [0, 0.05) is 23.5 Å². The zero-order chi connectivity index (χ0) is 21.8. The van der Waals surface area contributed by atoms with Crippen LogP contribution in [-0.4, -0.2) is 34.5 Å². The van der Waals surface area contributed by atoms with Gasteiger partial charge in [-0.1, -0.05) is 49.1 Å². The molecule has 0 bridgehead atoms. The van der Waals surface area contributed by atoms with E-state index >= 15 is 0 Å². The number of aromatic carboxylic acids is 1. The number of benzene rings is 2. The number of likely N-dealkylation sites (tertiary alicyclic amines) is 1. The molecule has 1 N–H and O–H groups in total. The summed E-state index contributed by atoms with van der Waals surface area (Å²) < 4.78 is 5.81. The third-order valence-electron chi connectivity index (χ3n) is 6.46. The Hall–Kier alpha value is -2.53. The Labute approximate surface area is 188 Å².